The monoisotopic (exact) mass is 285 g/mol. The van der Waals surface area contributed by atoms with E-state index in [1.807, 2.05) is 0 Å². The molecule has 1 aliphatic rings. The van der Waals surface area contributed by atoms with Crippen LogP contribution in [-0.2, 0) is 9.59 Å². The maximum Gasteiger partial charge on any atom is 0.243 e. The van der Waals surface area contributed by atoms with Crippen LogP contribution in [0.15, 0.2) is 0 Å². The first kappa shape index (κ1) is 16.9. The molecular formula is C14H27N3O3. The highest BCUT2D eigenvalue weighted by atomic mass is 16.5. The van der Waals surface area contributed by atoms with Crippen LogP contribution in [0.2, 0.25) is 0 Å². The van der Waals surface area contributed by atoms with E-state index in [1.165, 1.54) is 6.42 Å². The van der Waals surface area contributed by atoms with Gasteiger partial charge in [-0.1, -0.05) is 32.1 Å². The average Bonchev–Trinajstić information content (AvgIpc) is 2.46. The van der Waals surface area contributed by atoms with Gasteiger partial charge in [0.25, 0.3) is 0 Å². The first-order valence-corrected chi connectivity index (χ1v) is 7.58. The van der Waals surface area contributed by atoms with E-state index < -0.39 is 5.54 Å². The molecule has 0 heterocycles. The van der Waals surface area contributed by atoms with Crippen molar-refractivity contribution in [2.24, 2.45) is 5.73 Å². The quantitative estimate of drug-likeness (QED) is 0.306. The molecule has 20 heavy (non-hydrogen) atoms. The highest BCUT2D eigenvalue weighted by Crippen LogP contribution is 2.25. The number of nitrogens with one attached hydrogen (secondary N) is 2. The summed E-state index contributed by atoms with van der Waals surface area (Å²) < 4.78 is 0. The Morgan fingerprint density at radius 2 is 1.70 bits per heavy atom. The number of hydrogen-bond donors (Lipinski definition) is 4. The number of nitrogens with two attached hydrogens (primary N) is 1. The smallest absolute Gasteiger partial charge is 0.243 e. The van der Waals surface area contributed by atoms with Gasteiger partial charge in [0.15, 0.2) is 0 Å². The molecule has 1 rings (SSSR count). The van der Waals surface area contributed by atoms with E-state index >= 15 is 0 Å². The van der Waals surface area contributed by atoms with Crippen molar-refractivity contribution in [1.29, 1.82) is 0 Å². The van der Waals surface area contributed by atoms with E-state index in [4.69, 9.17) is 10.9 Å². The number of unbranched alkanes of at least 4 members (excludes halogenated alkanes) is 3. The third-order valence-corrected chi connectivity index (χ3v) is 3.94. The lowest BCUT2D eigenvalue weighted by Crippen LogP contribution is -2.55. The summed E-state index contributed by atoms with van der Waals surface area (Å²) in [6.07, 6.45) is 8.68. The molecule has 0 bridgehead atoms. The number of rotatable bonds is 8. The fourth-order valence-corrected chi connectivity index (χ4v) is 2.61. The van der Waals surface area contributed by atoms with E-state index in [0.29, 0.717) is 13.0 Å². The van der Waals surface area contributed by atoms with Gasteiger partial charge in [0.1, 0.15) is 0 Å². The lowest BCUT2D eigenvalue weighted by atomic mass is 9.82. The van der Waals surface area contributed by atoms with Gasteiger partial charge >= 0.3 is 0 Å². The maximum atomic E-state index is 12.0. The molecule has 2 amide bonds. The molecule has 0 aromatic heterocycles. The Labute approximate surface area is 120 Å². The minimum absolute atomic E-state index is 0.0168. The predicted molar refractivity (Wildman–Crippen MR) is 76.0 cm³/mol. The Kier molecular flexibility index (Phi) is 7.54. The summed E-state index contributed by atoms with van der Waals surface area (Å²) in [6, 6.07) is 0. The van der Waals surface area contributed by atoms with Crippen LogP contribution < -0.4 is 16.5 Å². The average molecular weight is 285 g/mol. The summed E-state index contributed by atoms with van der Waals surface area (Å²) in [5.74, 6) is -0.363. The van der Waals surface area contributed by atoms with Crippen LogP contribution >= 0.6 is 0 Å². The first-order valence-electron chi connectivity index (χ1n) is 7.58. The van der Waals surface area contributed by atoms with Crippen molar-refractivity contribution in [2.75, 3.05) is 6.54 Å². The summed E-state index contributed by atoms with van der Waals surface area (Å²) in [7, 11) is 0. The van der Waals surface area contributed by atoms with Crippen molar-refractivity contribution in [3.63, 3.8) is 0 Å². The van der Waals surface area contributed by atoms with E-state index in [-0.39, 0.29) is 11.8 Å². The topological polar surface area (TPSA) is 104 Å². The molecular weight excluding hydrogens is 258 g/mol. The van der Waals surface area contributed by atoms with Gasteiger partial charge in [0, 0.05) is 13.0 Å². The molecule has 0 atom stereocenters. The molecule has 6 heteroatoms. The molecule has 0 saturated heterocycles. The molecule has 0 unspecified atom stereocenters. The molecule has 5 N–H and O–H groups in total. The van der Waals surface area contributed by atoms with Crippen molar-refractivity contribution in [1.82, 2.24) is 10.8 Å². The molecule has 0 aromatic carbocycles. The second kappa shape index (κ2) is 8.92. The van der Waals surface area contributed by atoms with E-state index in [9.17, 15) is 9.59 Å². The van der Waals surface area contributed by atoms with Crippen molar-refractivity contribution < 1.29 is 14.8 Å². The number of carbonyl (C=O) groups is 2. The molecule has 0 radical (unpaired) electrons. The van der Waals surface area contributed by atoms with Gasteiger partial charge in [-0.2, -0.15) is 0 Å². The van der Waals surface area contributed by atoms with E-state index in [1.54, 1.807) is 5.48 Å². The Hall–Kier alpha value is -1.14. The van der Waals surface area contributed by atoms with Crippen LogP contribution in [0.4, 0.5) is 0 Å². The van der Waals surface area contributed by atoms with Crippen molar-refractivity contribution in [2.45, 2.75) is 69.7 Å². The summed E-state index contributed by atoms with van der Waals surface area (Å²) in [5.41, 5.74) is 7.09. The number of carbonyl (C=O) groups excluding carboxylic acids is 2. The first-order chi connectivity index (χ1) is 9.58. The van der Waals surface area contributed by atoms with Gasteiger partial charge in [-0.25, -0.2) is 5.48 Å². The fraction of sp³-hybridized carbons (Fsp3) is 0.857. The standard InChI is InChI=1S/C14H27N3O3/c15-14(9-5-3-6-10-14)13(19)16-11-7-2-1-4-8-12(18)17-20/h20H,1-11,15H2,(H,16,19)(H,17,18). The van der Waals surface area contributed by atoms with Crippen LogP contribution in [0.3, 0.4) is 0 Å². The molecule has 0 aliphatic heterocycles. The fourth-order valence-electron chi connectivity index (χ4n) is 2.61. The van der Waals surface area contributed by atoms with Crippen LogP contribution in [-0.4, -0.2) is 29.1 Å². The maximum absolute atomic E-state index is 12.0. The van der Waals surface area contributed by atoms with Gasteiger partial charge in [-0.15, -0.1) is 0 Å². The molecule has 1 aliphatic carbocycles. The van der Waals surface area contributed by atoms with E-state index in [2.05, 4.69) is 5.32 Å². The zero-order valence-corrected chi connectivity index (χ0v) is 12.1. The van der Waals surface area contributed by atoms with Crippen molar-refractivity contribution in [3.05, 3.63) is 0 Å². The predicted octanol–water partition coefficient (Wildman–Crippen LogP) is 1.22. The minimum Gasteiger partial charge on any atom is -0.355 e. The molecule has 1 saturated carbocycles. The minimum atomic E-state index is -0.655. The molecule has 0 spiro atoms. The van der Waals surface area contributed by atoms with Gasteiger partial charge in [-0.3, -0.25) is 14.8 Å². The Bertz CT molecular complexity index is 315. The van der Waals surface area contributed by atoms with Gasteiger partial charge < -0.3 is 11.1 Å². The van der Waals surface area contributed by atoms with Crippen molar-refractivity contribution >= 4 is 11.8 Å². The summed E-state index contributed by atoms with van der Waals surface area (Å²) in [5, 5.41) is 11.2. The number of hydrogen-bond acceptors (Lipinski definition) is 4. The Morgan fingerprint density at radius 1 is 1.05 bits per heavy atom. The SMILES string of the molecule is NC1(C(=O)NCCCCCCC(=O)NO)CCCCC1. The normalized spacial score (nSPS) is 17.5. The second-order valence-corrected chi connectivity index (χ2v) is 5.67. The van der Waals surface area contributed by atoms with Crippen molar-refractivity contribution in [3.8, 4) is 0 Å². The second-order valence-electron chi connectivity index (χ2n) is 5.67. The van der Waals surface area contributed by atoms with Crippen LogP contribution in [0.25, 0.3) is 0 Å². The van der Waals surface area contributed by atoms with E-state index in [0.717, 1.165) is 51.4 Å². The zero-order valence-electron chi connectivity index (χ0n) is 12.1. The largest absolute Gasteiger partial charge is 0.355 e. The molecule has 6 nitrogen and oxygen atoms in total. The van der Waals surface area contributed by atoms with Gasteiger partial charge in [0.2, 0.25) is 11.8 Å². The third kappa shape index (κ3) is 5.88. The molecule has 1 fully saturated rings. The Morgan fingerprint density at radius 3 is 2.35 bits per heavy atom. The van der Waals surface area contributed by atoms with Gasteiger partial charge in [0.05, 0.1) is 5.54 Å². The summed E-state index contributed by atoms with van der Waals surface area (Å²) in [6.45, 7) is 0.643. The highest BCUT2D eigenvalue weighted by molar-refractivity contribution is 5.86. The van der Waals surface area contributed by atoms with Crippen LogP contribution in [0, 0.1) is 0 Å². The van der Waals surface area contributed by atoms with Crippen LogP contribution in [0.5, 0.6) is 0 Å². The summed E-state index contributed by atoms with van der Waals surface area (Å²) >= 11 is 0. The van der Waals surface area contributed by atoms with Gasteiger partial charge in [-0.05, 0) is 25.7 Å². The molecule has 116 valence electrons. The Balaban J connectivity index is 2.03. The third-order valence-electron chi connectivity index (χ3n) is 3.94. The summed E-state index contributed by atoms with van der Waals surface area (Å²) in [4.78, 5) is 22.8. The highest BCUT2D eigenvalue weighted by Gasteiger charge is 2.34. The lowest BCUT2D eigenvalue weighted by molar-refractivity contribution is -0.129. The molecule has 0 aromatic rings. The van der Waals surface area contributed by atoms with Crippen LogP contribution in [0.1, 0.15) is 64.2 Å². The number of hydroxylamine groups is 1. The lowest BCUT2D eigenvalue weighted by Gasteiger charge is -2.31. The zero-order chi connectivity index (χ0) is 14.8. The number of amides is 2.